The summed E-state index contributed by atoms with van der Waals surface area (Å²) in [5, 5.41) is 12.5. The van der Waals surface area contributed by atoms with Gasteiger partial charge in [0, 0.05) is 0 Å². The first kappa shape index (κ1) is 12.9. The van der Waals surface area contributed by atoms with Crippen LogP contribution in [0.25, 0.3) is 0 Å². The fraction of sp³-hybridized carbons (Fsp3) is 0.500. The highest BCUT2D eigenvalue weighted by Crippen LogP contribution is 2.18. The number of carbonyl (C=O) groups is 1. The molecule has 1 aliphatic rings. The second kappa shape index (κ2) is 6.40. The van der Waals surface area contributed by atoms with Gasteiger partial charge < -0.3 is 15.2 Å². The third-order valence-electron chi connectivity index (χ3n) is 3.25. The molecule has 1 aromatic carbocycles. The summed E-state index contributed by atoms with van der Waals surface area (Å²) < 4.78 is 5.12. The van der Waals surface area contributed by atoms with Gasteiger partial charge in [0.1, 0.15) is 6.61 Å². The van der Waals surface area contributed by atoms with Crippen LogP contribution in [-0.2, 0) is 11.3 Å². The number of hydrogen-bond donors (Lipinski definition) is 2. The molecule has 0 unspecified atom stereocenters. The van der Waals surface area contributed by atoms with Crippen LogP contribution in [0.3, 0.4) is 0 Å². The molecule has 1 aliphatic carbocycles. The van der Waals surface area contributed by atoms with E-state index in [0.29, 0.717) is 0 Å². The molecule has 2 atom stereocenters. The molecule has 0 bridgehead atoms. The van der Waals surface area contributed by atoms with Crippen LogP contribution in [0.2, 0.25) is 0 Å². The molecule has 1 saturated carbocycles. The molecular weight excluding hydrogens is 230 g/mol. The van der Waals surface area contributed by atoms with Crippen molar-refractivity contribution in [1.29, 1.82) is 0 Å². The summed E-state index contributed by atoms with van der Waals surface area (Å²) in [6.07, 6.45) is 2.75. The summed E-state index contributed by atoms with van der Waals surface area (Å²) in [4.78, 5) is 11.6. The van der Waals surface area contributed by atoms with Crippen LogP contribution in [0.5, 0.6) is 0 Å². The summed E-state index contributed by atoms with van der Waals surface area (Å²) in [5.74, 6) is 0. The Balaban J connectivity index is 1.75. The summed E-state index contributed by atoms with van der Waals surface area (Å²) in [6, 6.07) is 9.37. The summed E-state index contributed by atoms with van der Waals surface area (Å²) in [5.41, 5.74) is 0.955. The Morgan fingerprint density at radius 2 is 2.00 bits per heavy atom. The summed E-state index contributed by atoms with van der Waals surface area (Å²) in [7, 11) is 0. The highest BCUT2D eigenvalue weighted by atomic mass is 16.5. The maximum atomic E-state index is 11.6. The lowest BCUT2D eigenvalue weighted by Gasteiger charge is -2.27. The number of aliphatic hydroxyl groups excluding tert-OH is 1. The number of amides is 1. The van der Waals surface area contributed by atoms with E-state index in [1.54, 1.807) is 0 Å². The van der Waals surface area contributed by atoms with E-state index in [1.807, 2.05) is 30.3 Å². The summed E-state index contributed by atoms with van der Waals surface area (Å²) in [6.45, 7) is 0.259. The Hall–Kier alpha value is -1.55. The van der Waals surface area contributed by atoms with Gasteiger partial charge in [-0.3, -0.25) is 0 Å². The van der Waals surface area contributed by atoms with Gasteiger partial charge in [-0.2, -0.15) is 0 Å². The Bertz CT molecular complexity index is 380. The van der Waals surface area contributed by atoms with E-state index >= 15 is 0 Å². The summed E-state index contributed by atoms with van der Waals surface area (Å²) >= 11 is 0. The van der Waals surface area contributed by atoms with Gasteiger partial charge in [-0.05, 0) is 18.4 Å². The van der Waals surface area contributed by atoms with Crippen molar-refractivity contribution in [2.75, 3.05) is 0 Å². The van der Waals surface area contributed by atoms with Gasteiger partial charge in [-0.1, -0.05) is 43.2 Å². The maximum Gasteiger partial charge on any atom is 0.407 e. The predicted octanol–water partition coefficient (Wildman–Crippen LogP) is 2.22. The maximum absolute atomic E-state index is 11.6. The molecule has 0 saturated heterocycles. The Morgan fingerprint density at radius 3 is 2.72 bits per heavy atom. The largest absolute Gasteiger partial charge is 0.445 e. The third-order valence-corrected chi connectivity index (χ3v) is 3.25. The Kier molecular flexibility index (Phi) is 4.59. The molecule has 1 aromatic rings. The lowest BCUT2D eigenvalue weighted by molar-refractivity contribution is 0.0781. The number of hydrogen-bond acceptors (Lipinski definition) is 3. The number of carbonyl (C=O) groups excluding carboxylic acids is 1. The third kappa shape index (κ3) is 3.74. The van der Waals surface area contributed by atoms with Gasteiger partial charge in [0.25, 0.3) is 0 Å². The molecule has 2 N–H and O–H groups in total. The van der Waals surface area contributed by atoms with Gasteiger partial charge >= 0.3 is 6.09 Å². The van der Waals surface area contributed by atoms with Crippen LogP contribution in [0.1, 0.15) is 31.2 Å². The number of rotatable bonds is 3. The van der Waals surface area contributed by atoms with E-state index in [2.05, 4.69) is 5.32 Å². The van der Waals surface area contributed by atoms with Crippen LogP contribution in [-0.4, -0.2) is 23.3 Å². The van der Waals surface area contributed by atoms with Crippen molar-refractivity contribution in [3.63, 3.8) is 0 Å². The van der Waals surface area contributed by atoms with Crippen LogP contribution in [0, 0.1) is 0 Å². The van der Waals surface area contributed by atoms with E-state index in [0.717, 1.165) is 31.2 Å². The molecule has 0 radical (unpaired) electrons. The number of nitrogens with one attached hydrogen (secondary N) is 1. The Morgan fingerprint density at radius 1 is 1.28 bits per heavy atom. The lowest BCUT2D eigenvalue weighted by Crippen LogP contribution is -2.45. The molecule has 0 aromatic heterocycles. The highest BCUT2D eigenvalue weighted by molar-refractivity contribution is 5.67. The number of aliphatic hydroxyl groups is 1. The van der Waals surface area contributed by atoms with Crippen LogP contribution < -0.4 is 5.32 Å². The monoisotopic (exact) mass is 249 g/mol. The van der Waals surface area contributed by atoms with E-state index < -0.39 is 12.2 Å². The first-order valence-corrected chi connectivity index (χ1v) is 6.41. The smallest absolute Gasteiger partial charge is 0.407 e. The van der Waals surface area contributed by atoms with Crippen molar-refractivity contribution in [1.82, 2.24) is 5.32 Å². The fourth-order valence-electron chi connectivity index (χ4n) is 2.20. The topological polar surface area (TPSA) is 58.6 Å². The average Bonchev–Trinajstić information content (AvgIpc) is 2.40. The first-order chi connectivity index (χ1) is 8.75. The quantitative estimate of drug-likeness (QED) is 0.863. The zero-order chi connectivity index (χ0) is 12.8. The second-order valence-corrected chi connectivity index (χ2v) is 4.66. The second-order valence-electron chi connectivity index (χ2n) is 4.66. The van der Waals surface area contributed by atoms with Crippen molar-refractivity contribution >= 4 is 6.09 Å². The molecule has 18 heavy (non-hydrogen) atoms. The SMILES string of the molecule is O=C(N[C@H]1CCCC[C@@H]1O)OCc1ccccc1. The first-order valence-electron chi connectivity index (χ1n) is 6.41. The number of benzene rings is 1. The molecule has 0 aliphatic heterocycles. The average molecular weight is 249 g/mol. The zero-order valence-corrected chi connectivity index (χ0v) is 10.3. The Labute approximate surface area is 107 Å². The molecular formula is C14H19NO3. The molecule has 1 amide bonds. The standard InChI is InChI=1S/C14H19NO3/c16-13-9-5-4-8-12(13)15-14(17)18-10-11-6-2-1-3-7-11/h1-3,6-7,12-13,16H,4-5,8-10H2,(H,15,17)/t12-,13-/m0/s1. The fourth-order valence-corrected chi connectivity index (χ4v) is 2.20. The van der Waals surface area contributed by atoms with E-state index in [1.165, 1.54) is 0 Å². The normalized spacial score (nSPS) is 23.4. The minimum absolute atomic E-state index is 0.165. The van der Waals surface area contributed by atoms with E-state index in [-0.39, 0.29) is 12.6 Å². The lowest BCUT2D eigenvalue weighted by atomic mass is 9.93. The highest BCUT2D eigenvalue weighted by Gasteiger charge is 2.24. The van der Waals surface area contributed by atoms with E-state index in [9.17, 15) is 9.90 Å². The van der Waals surface area contributed by atoms with Crippen molar-refractivity contribution in [2.45, 2.75) is 44.4 Å². The molecule has 0 heterocycles. The van der Waals surface area contributed by atoms with Gasteiger partial charge in [0.2, 0.25) is 0 Å². The molecule has 1 fully saturated rings. The molecule has 4 nitrogen and oxygen atoms in total. The van der Waals surface area contributed by atoms with Crippen molar-refractivity contribution < 1.29 is 14.6 Å². The van der Waals surface area contributed by atoms with E-state index in [4.69, 9.17) is 4.74 Å². The minimum atomic E-state index is -0.454. The van der Waals surface area contributed by atoms with Crippen LogP contribution in [0.15, 0.2) is 30.3 Å². The van der Waals surface area contributed by atoms with Crippen molar-refractivity contribution in [2.24, 2.45) is 0 Å². The minimum Gasteiger partial charge on any atom is -0.445 e. The van der Waals surface area contributed by atoms with Crippen LogP contribution >= 0.6 is 0 Å². The van der Waals surface area contributed by atoms with Crippen molar-refractivity contribution in [3.05, 3.63) is 35.9 Å². The van der Waals surface area contributed by atoms with Gasteiger partial charge in [0.05, 0.1) is 12.1 Å². The van der Waals surface area contributed by atoms with Gasteiger partial charge in [-0.15, -0.1) is 0 Å². The zero-order valence-electron chi connectivity index (χ0n) is 10.3. The predicted molar refractivity (Wildman–Crippen MR) is 68.0 cm³/mol. The molecule has 4 heteroatoms. The van der Waals surface area contributed by atoms with Gasteiger partial charge in [-0.25, -0.2) is 4.79 Å². The van der Waals surface area contributed by atoms with Gasteiger partial charge in [0.15, 0.2) is 0 Å². The molecule has 2 rings (SSSR count). The van der Waals surface area contributed by atoms with Crippen LogP contribution in [0.4, 0.5) is 4.79 Å². The molecule has 98 valence electrons. The molecule has 0 spiro atoms. The van der Waals surface area contributed by atoms with Crippen molar-refractivity contribution in [3.8, 4) is 0 Å². The number of alkyl carbamates (subject to hydrolysis) is 1. The number of ether oxygens (including phenoxy) is 1.